The molecule has 2 aromatic rings. The number of aliphatic carboxylic acids is 1. The van der Waals surface area contributed by atoms with Gasteiger partial charge in [-0.1, -0.05) is 73.7 Å². The maximum atomic E-state index is 14.7. The summed E-state index contributed by atoms with van der Waals surface area (Å²) in [6, 6.07) is 14.4. The fourth-order valence-corrected chi connectivity index (χ4v) is 10.8. The number of rotatable bonds is 9. The molecule has 3 fully saturated rings. The van der Waals surface area contributed by atoms with Gasteiger partial charge in [-0.05, 0) is 49.8 Å². The smallest absolute Gasteiger partial charge is 0.410 e. The Morgan fingerprint density at radius 1 is 1.05 bits per heavy atom. The van der Waals surface area contributed by atoms with E-state index in [1.165, 1.54) is 24.1 Å². The predicted molar refractivity (Wildman–Crippen MR) is 159 cm³/mol. The predicted octanol–water partition coefficient (Wildman–Crippen LogP) is 3.18. The number of ether oxygens (including phenoxy) is 2. The SMILES string of the molecule is COC(=O)[C@]12CC[C@H]3CN(C(=O)OCc4ccccc4)[C@H]([C@H]31)[C@](CC[Si](C)(C)C)(C(=O)[O-])N2S(=O)(=O)c1ccc(C)cc1. The minimum Gasteiger partial charge on any atom is -0.548 e. The Morgan fingerprint density at radius 3 is 2.28 bits per heavy atom. The van der Waals surface area contributed by atoms with E-state index in [1.807, 2.05) is 25.1 Å². The number of carbonyl (C=O) groups is 3. The first-order chi connectivity index (χ1) is 20.2. The van der Waals surface area contributed by atoms with Crippen LogP contribution in [0, 0.1) is 18.8 Å². The molecule has 5 atom stereocenters. The fourth-order valence-electron chi connectivity index (χ4n) is 7.55. The maximum absolute atomic E-state index is 14.7. The van der Waals surface area contributed by atoms with Crippen LogP contribution in [0.4, 0.5) is 4.79 Å². The second-order valence-corrected chi connectivity index (χ2v) is 20.6. The lowest BCUT2D eigenvalue weighted by Crippen LogP contribution is -2.70. The van der Waals surface area contributed by atoms with Crippen molar-refractivity contribution in [1.29, 1.82) is 0 Å². The van der Waals surface area contributed by atoms with Crippen LogP contribution >= 0.6 is 0 Å². The number of carboxylic acids is 1. The minimum absolute atomic E-state index is 0.0427. The number of aryl methyl sites for hydroxylation is 1. The molecular formula is C31H39N2O8SSi-. The van der Waals surface area contributed by atoms with Crippen molar-refractivity contribution < 1.29 is 37.4 Å². The third-order valence-corrected chi connectivity index (χ3v) is 13.2. The first-order valence-corrected chi connectivity index (χ1v) is 19.7. The van der Waals surface area contributed by atoms with E-state index < -0.39 is 59.2 Å². The highest BCUT2D eigenvalue weighted by Gasteiger charge is 2.80. The van der Waals surface area contributed by atoms with E-state index in [-0.39, 0.29) is 36.8 Å². The van der Waals surface area contributed by atoms with Gasteiger partial charge in [0, 0.05) is 20.5 Å². The maximum Gasteiger partial charge on any atom is 0.410 e. The zero-order valence-corrected chi connectivity index (χ0v) is 27.1. The summed E-state index contributed by atoms with van der Waals surface area (Å²) >= 11 is 0. The van der Waals surface area contributed by atoms with Gasteiger partial charge >= 0.3 is 12.1 Å². The molecule has 2 heterocycles. The summed E-state index contributed by atoms with van der Waals surface area (Å²) in [6.45, 7) is 8.09. The van der Waals surface area contributed by atoms with Crippen molar-refractivity contribution in [2.24, 2.45) is 11.8 Å². The Morgan fingerprint density at radius 2 is 1.70 bits per heavy atom. The molecule has 0 bridgehead atoms. The lowest BCUT2D eigenvalue weighted by Gasteiger charge is -2.48. The van der Waals surface area contributed by atoms with Crippen molar-refractivity contribution in [2.45, 2.75) is 80.5 Å². The van der Waals surface area contributed by atoms with Gasteiger partial charge in [0.1, 0.15) is 12.1 Å². The lowest BCUT2D eigenvalue weighted by atomic mass is 9.79. The van der Waals surface area contributed by atoms with Gasteiger partial charge in [0.25, 0.3) is 0 Å². The van der Waals surface area contributed by atoms with E-state index in [0.29, 0.717) is 12.5 Å². The normalized spacial score (nSPS) is 28.5. The zero-order chi connectivity index (χ0) is 31.4. The zero-order valence-electron chi connectivity index (χ0n) is 25.2. The molecule has 2 aromatic carbocycles. The van der Waals surface area contributed by atoms with Gasteiger partial charge in [-0.15, -0.1) is 0 Å². The van der Waals surface area contributed by atoms with Crippen molar-refractivity contribution >= 4 is 36.1 Å². The van der Waals surface area contributed by atoms with Gasteiger partial charge in [-0.3, -0.25) is 4.79 Å². The third kappa shape index (κ3) is 4.97. The average molecular weight is 628 g/mol. The third-order valence-electron chi connectivity index (χ3n) is 9.42. The van der Waals surface area contributed by atoms with Gasteiger partial charge in [0.2, 0.25) is 10.0 Å². The van der Waals surface area contributed by atoms with E-state index in [0.717, 1.165) is 15.4 Å². The number of amides is 1. The molecule has 43 heavy (non-hydrogen) atoms. The summed E-state index contributed by atoms with van der Waals surface area (Å²) in [5.41, 5.74) is -2.50. The van der Waals surface area contributed by atoms with Gasteiger partial charge in [-0.25, -0.2) is 13.2 Å². The molecule has 1 aliphatic carbocycles. The molecule has 1 saturated carbocycles. The molecule has 12 heteroatoms. The summed E-state index contributed by atoms with van der Waals surface area (Å²) < 4.78 is 41.3. The van der Waals surface area contributed by atoms with Crippen molar-refractivity contribution in [1.82, 2.24) is 9.21 Å². The highest BCUT2D eigenvalue weighted by molar-refractivity contribution is 7.89. The Kier molecular flexibility index (Phi) is 8.02. The number of carbonyl (C=O) groups excluding carboxylic acids is 3. The number of likely N-dealkylation sites (tertiary alicyclic amines) is 1. The van der Waals surface area contributed by atoms with E-state index >= 15 is 0 Å². The first-order valence-electron chi connectivity index (χ1n) is 14.6. The van der Waals surface area contributed by atoms with Crippen molar-refractivity contribution in [3.63, 3.8) is 0 Å². The number of hydrogen-bond acceptors (Lipinski definition) is 8. The molecule has 232 valence electrons. The van der Waals surface area contributed by atoms with Crippen molar-refractivity contribution in [2.75, 3.05) is 13.7 Å². The number of sulfonamides is 1. The van der Waals surface area contributed by atoms with Gasteiger partial charge in [-0.2, -0.15) is 4.31 Å². The Labute approximate surface area is 254 Å². The molecule has 0 N–H and O–H groups in total. The molecule has 2 saturated heterocycles. The van der Waals surface area contributed by atoms with Crippen LogP contribution in [0.25, 0.3) is 0 Å². The van der Waals surface area contributed by atoms with E-state index in [2.05, 4.69) is 19.6 Å². The largest absolute Gasteiger partial charge is 0.548 e. The van der Waals surface area contributed by atoms with E-state index in [4.69, 9.17) is 9.47 Å². The van der Waals surface area contributed by atoms with Crippen LogP contribution in [0.1, 0.15) is 30.4 Å². The standard InChI is InChI=1S/C31H40N2O8SSi/c1-21-11-13-24(14-12-21)42(38,39)33-30(28(36)40-2)16-15-23-19-32(29(37)41-20-22-9-7-6-8-10-22)26(25(23)30)31(33,27(34)35)17-18-43(3,4)5/h6-14,23,25-26H,15-20H2,1-5H3,(H,34,35)/p-1/t23-,25-,26+,30-,31+/m0/s1. The van der Waals surface area contributed by atoms with Crippen LogP contribution in [0.15, 0.2) is 59.5 Å². The fraction of sp³-hybridized carbons (Fsp3) is 0.516. The van der Waals surface area contributed by atoms with E-state index in [1.54, 1.807) is 24.3 Å². The van der Waals surface area contributed by atoms with Crippen molar-refractivity contribution in [3.8, 4) is 0 Å². The van der Waals surface area contributed by atoms with Crippen molar-refractivity contribution in [3.05, 3.63) is 65.7 Å². The van der Waals surface area contributed by atoms with Crippen LogP contribution in [0.3, 0.4) is 0 Å². The van der Waals surface area contributed by atoms with Crippen LogP contribution in [-0.2, 0) is 35.7 Å². The van der Waals surface area contributed by atoms with Crippen LogP contribution in [0.5, 0.6) is 0 Å². The highest BCUT2D eigenvalue weighted by Crippen LogP contribution is 2.64. The molecule has 1 amide bonds. The summed E-state index contributed by atoms with van der Waals surface area (Å²) in [4.78, 5) is 42.6. The summed E-state index contributed by atoms with van der Waals surface area (Å²) in [5.74, 6) is -3.61. The Hall–Kier alpha value is -3.22. The second-order valence-electron chi connectivity index (χ2n) is 13.2. The number of esters is 1. The molecule has 0 radical (unpaired) electrons. The molecule has 0 unspecified atom stereocenters. The molecule has 0 aromatic heterocycles. The van der Waals surface area contributed by atoms with Gasteiger partial charge in [0.05, 0.1) is 29.6 Å². The number of carboxylic acid groups (broad SMARTS) is 1. The molecule has 10 nitrogen and oxygen atoms in total. The van der Waals surface area contributed by atoms with Crippen LogP contribution in [-0.4, -0.2) is 74.5 Å². The quantitative estimate of drug-likeness (QED) is 0.306. The van der Waals surface area contributed by atoms with Crippen LogP contribution in [0.2, 0.25) is 25.7 Å². The summed E-state index contributed by atoms with van der Waals surface area (Å²) in [5, 5.41) is 13.7. The number of methoxy groups -OCH3 is 1. The first kappa shape index (κ1) is 31.2. The Bertz CT molecular complexity index is 1510. The second kappa shape index (κ2) is 11.0. The number of hydrogen-bond donors (Lipinski definition) is 0. The molecule has 5 rings (SSSR count). The summed E-state index contributed by atoms with van der Waals surface area (Å²) in [6.07, 6.45) is -0.387. The van der Waals surface area contributed by atoms with Crippen LogP contribution < -0.4 is 5.11 Å². The van der Waals surface area contributed by atoms with Gasteiger partial charge < -0.3 is 24.3 Å². The Balaban J connectivity index is 1.71. The monoisotopic (exact) mass is 627 g/mol. The number of benzene rings is 2. The lowest BCUT2D eigenvalue weighted by molar-refractivity contribution is -0.319. The highest BCUT2D eigenvalue weighted by atomic mass is 32.2. The molecule has 2 aliphatic heterocycles. The molecule has 3 aliphatic rings. The van der Waals surface area contributed by atoms with Gasteiger partial charge in [0.15, 0.2) is 0 Å². The average Bonchev–Trinajstić information content (AvgIpc) is 3.61. The topological polar surface area (TPSA) is 133 Å². The number of nitrogens with zero attached hydrogens (tertiary/aromatic N) is 2. The summed E-state index contributed by atoms with van der Waals surface area (Å²) in [7, 11) is -5.43. The molecule has 0 spiro atoms. The minimum atomic E-state index is -4.62. The molecular weight excluding hydrogens is 589 g/mol. The van der Waals surface area contributed by atoms with E-state index in [9.17, 15) is 27.9 Å².